The Morgan fingerprint density at radius 3 is 2.57 bits per heavy atom. The van der Waals surface area contributed by atoms with Gasteiger partial charge >= 0.3 is 0 Å². The first-order chi connectivity index (χ1) is 9.88. The third-order valence-corrected chi connectivity index (χ3v) is 4.63. The van der Waals surface area contributed by atoms with E-state index in [0.717, 1.165) is 11.2 Å². The molecule has 2 heterocycles. The van der Waals surface area contributed by atoms with Crippen LogP contribution in [0, 0.1) is 6.92 Å². The van der Waals surface area contributed by atoms with Crippen molar-refractivity contribution in [2.45, 2.75) is 18.4 Å². The van der Waals surface area contributed by atoms with E-state index in [2.05, 4.69) is 5.10 Å². The SMILES string of the molecule is Cc1c(S(N)(=O)=O)c2ccccc2n1Cc1ccn(C)n1. The minimum Gasteiger partial charge on any atom is -0.337 e. The number of fused-ring (bicyclic) bond motifs is 1. The predicted octanol–water partition coefficient (Wildman–Crippen LogP) is 1.38. The third kappa shape index (κ3) is 2.34. The Morgan fingerprint density at radius 1 is 1.24 bits per heavy atom. The molecule has 1 aromatic carbocycles. The second-order valence-electron chi connectivity index (χ2n) is 5.04. The monoisotopic (exact) mass is 304 g/mol. The fraction of sp³-hybridized carbons (Fsp3) is 0.214. The summed E-state index contributed by atoms with van der Waals surface area (Å²) < 4.78 is 27.4. The van der Waals surface area contributed by atoms with E-state index >= 15 is 0 Å². The summed E-state index contributed by atoms with van der Waals surface area (Å²) in [5.74, 6) is 0. The summed E-state index contributed by atoms with van der Waals surface area (Å²) in [4.78, 5) is 0.189. The fourth-order valence-electron chi connectivity index (χ4n) is 2.67. The predicted molar refractivity (Wildman–Crippen MR) is 80.4 cm³/mol. The Labute approximate surface area is 122 Å². The molecular weight excluding hydrogens is 288 g/mol. The Hall–Kier alpha value is -2.12. The zero-order valence-electron chi connectivity index (χ0n) is 11.8. The molecule has 0 fully saturated rings. The van der Waals surface area contributed by atoms with Crippen molar-refractivity contribution in [3.63, 3.8) is 0 Å². The average molecular weight is 304 g/mol. The first kappa shape index (κ1) is 13.8. The van der Waals surface area contributed by atoms with Crippen LogP contribution < -0.4 is 5.14 Å². The lowest BCUT2D eigenvalue weighted by molar-refractivity contribution is 0.597. The van der Waals surface area contributed by atoms with Gasteiger partial charge < -0.3 is 4.57 Å². The van der Waals surface area contributed by atoms with E-state index < -0.39 is 10.0 Å². The molecule has 0 radical (unpaired) electrons. The topological polar surface area (TPSA) is 82.9 Å². The standard InChI is InChI=1S/C14H16N4O2S/c1-10-14(21(15,19)20)12-5-3-4-6-13(12)18(10)9-11-7-8-17(2)16-11/h3-8H,9H2,1-2H3,(H2,15,19,20). The van der Waals surface area contributed by atoms with Crippen molar-refractivity contribution >= 4 is 20.9 Å². The molecule has 0 aliphatic rings. The molecule has 21 heavy (non-hydrogen) atoms. The maximum absolute atomic E-state index is 11.9. The van der Waals surface area contributed by atoms with Crippen molar-refractivity contribution in [3.8, 4) is 0 Å². The van der Waals surface area contributed by atoms with Gasteiger partial charge in [-0.2, -0.15) is 5.10 Å². The largest absolute Gasteiger partial charge is 0.337 e. The number of nitrogens with two attached hydrogens (primary N) is 1. The second-order valence-corrected chi connectivity index (χ2v) is 6.54. The van der Waals surface area contributed by atoms with E-state index in [4.69, 9.17) is 5.14 Å². The summed E-state index contributed by atoms with van der Waals surface area (Å²) in [6.07, 6.45) is 1.86. The molecule has 6 nitrogen and oxygen atoms in total. The molecule has 3 rings (SSSR count). The Balaban J connectivity index is 2.25. The van der Waals surface area contributed by atoms with Gasteiger partial charge in [-0.05, 0) is 19.1 Å². The first-order valence-electron chi connectivity index (χ1n) is 6.47. The minimum absolute atomic E-state index is 0.189. The smallest absolute Gasteiger partial charge is 0.240 e. The van der Waals surface area contributed by atoms with Gasteiger partial charge in [-0.3, -0.25) is 4.68 Å². The number of hydrogen-bond acceptors (Lipinski definition) is 3. The lowest BCUT2D eigenvalue weighted by atomic mass is 10.2. The van der Waals surface area contributed by atoms with Crippen LogP contribution in [-0.4, -0.2) is 22.8 Å². The maximum Gasteiger partial charge on any atom is 0.240 e. The number of sulfonamides is 1. The number of benzene rings is 1. The highest BCUT2D eigenvalue weighted by atomic mass is 32.2. The molecule has 0 amide bonds. The highest BCUT2D eigenvalue weighted by Gasteiger charge is 2.22. The van der Waals surface area contributed by atoms with Gasteiger partial charge in [0.2, 0.25) is 10.0 Å². The van der Waals surface area contributed by atoms with Crippen molar-refractivity contribution in [2.24, 2.45) is 12.2 Å². The van der Waals surface area contributed by atoms with Crippen molar-refractivity contribution in [1.29, 1.82) is 0 Å². The lowest BCUT2D eigenvalue weighted by Gasteiger charge is -2.06. The van der Waals surface area contributed by atoms with Crippen LogP contribution in [0.15, 0.2) is 41.4 Å². The molecular formula is C14H16N4O2S. The number of nitrogens with zero attached hydrogens (tertiary/aromatic N) is 3. The Bertz CT molecular complexity index is 922. The first-order valence-corrected chi connectivity index (χ1v) is 8.01. The normalized spacial score (nSPS) is 12.1. The summed E-state index contributed by atoms with van der Waals surface area (Å²) in [6.45, 7) is 2.27. The quantitative estimate of drug-likeness (QED) is 0.793. The van der Waals surface area contributed by atoms with Crippen molar-refractivity contribution in [2.75, 3.05) is 0 Å². The number of aryl methyl sites for hydroxylation is 1. The highest BCUT2D eigenvalue weighted by Crippen LogP contribution is 2.29. The number of hydrogen-bond donors (Lipinski definition) is 1. The maximum atomic E-state index is 11.9. The van der Waals surface area contributed by atoms with Gasteiger partial charge in [0.15, 0.2) is 0 Å². The molecule has 2 N–H and O–H groups in total. The second kappa shape index (κ2) is 4.71. The summed E-state index contributed by atoms with van der Waals surface area (Å²) in [5.41, 5.74) is 2.33. The lowest BCUT2D eigenvalue weighted by Crippen LogP contribution is -2.14. The van der Waals surface area contributed by atoms with E-state index in [0.29, 0.717) is 17.6 Å². The van der Waals surface area contributed by atoms with Crippen molar-refractivity contribution in [3.05, 3.63) is 47.9 Å². The summed E-state index contributed by atoms with van der Waals surface area (Å²) in [7, 11) is -1.93. The van der Waals surface area contributed by atoms with Gasteiger partial charge in [-0.15, -0.1) is 0 Å². The van der Waals surface area contributed by atoms with Gasteiger partial charge in [-0.25, -0.2) is 13.6 Å². The number of primary sulfonamides is 1. The molecule has 0 spiro atoms. The summed E-state index contributed by atoms with van der Waals surface area (Å²) >= 11 is 0. The molecule has 7 heteroatoms. The zero-order chi connectivity index (χ0) is 15.2. The van der Waals surface area contributed by atoms with E-state index in [9.17, 15) is 8.42 Å². The summed E-state index contributed by atoms with van der Waals surface area (Å²) in [6, 6.07) is 9.26. The Morgan fingerprint density at radius 2 is 1.95 bits per heavy atom. The molecule has 0 unspecified atom stereocenters. The van der Waals surface area contributed by atoms with Gasteiger partial charge in [0, 0.05) is 29.8 Å². The molecule has 0 atom stereocenters. The molecule has 0 bridgehead atoms. The van der Waals surface area contributed by atoms with Gasteiger partial charge in [0.1, 0.15) is 4.90 Å². The highest BCUT2D eigenvalue weighted by molar-refractivity contribution is 7.89. The third-order valence-electron chi connectivity index (χ3n) is 3.55. The van der Waals surface area contributed by atoms with Crippen LogP contribution in [0.2, 0.25) is 0 Å². The van der Waals surface area contributed by atoms with E-state index in [1.165, 1.54) is 0 Å². The molecule has 3 aromatic rings. The molecule has 0 aliphatic carbocycles. The van der Waals surface area contributed by atoms with E-state index in [1.807, 2.05) is 42.1 Å². The Kier molecular flexibility index (Phi) is 3.11. The number of aromatic nitrogens is 3. The van der Waals surface area contributed by atoms with Gasteiger partial charge in [0.25, 0.3) is 0 Å². The molecule has 2 aromatic heterocycles. The number of rotatable bonds is 3. The van der Waals surface area contributed by atoms with Crippen LogP contribution in [0.4, 0.5) is 0 Å². The van der Waals surface area contributed by atoms with Crippen LogP contribution in [0.3, 0.4) is 0 Å². The van der Waals surface area contributed by atoms with Crippen LogP contribution in [0.25, 0.3) is 10.9 Å². The van der Waals surface area contributed by atoms with E-state index in [1.54, 1.807) is 17.7 Å². The number of para-hydroxylation sites is 1. The molecule has 0 saturated heterocycles. The van der Waals surface area contributed by atoms with Crippen molar-refractivity contribution < 1.29 is 8.42 Å². The van der Waals surface area contributed by atoms with Crippen LogP contribution in [0.1, 0.15) is 11.4 Å². The molecule has 0 saturated carbocycles. The van der Waals surface area contributed by atoms with Crippen LogP contribution in [-0.2, 0) is 23.6 Å². The fourth-order valence-corrected chi connectivity index (χ4v) is 3.67. The van der Waals surface area contributed by atoms with Gasteiger partial charge in [-0.1, -0.05) is 18.2 Å². The van der Waals surface area contributed by atoms with Gasteiger partial charge in [0.05, 0.1) is 12.2 Å². The molecule has 0 aliphatic heterocycles. The van der Waals surface area contributed by atoms with Crippen LogP contribution >= 0.6 is 0 Å². The zero-order valence-corrected chi connectivity index (χ0v) is 12.6. The van der Waals surface area contributed by atoms with E-state index in [-0.39, 0.29) is 4.90 Å². The minimum atomic E-state index is -3.77. The molecule has 110 valence electrons. The average Bonchev–Trinajstić information content (AvgIpc) is 2.92. The van der Waals surface area contributed by atoms with Crippen LogP contribution in [0.5, 0.6) is 0 Å². The summed E-state index contributed by atoms with van der Waals surface area (Å²) in [5, 5.41) is 10.4. The van der Waals surface area contributed by atoms with Crippen molar-refractivity contribution in [1.82, 2.24) is 14.3 Å².